The predicted octanol–water partition coefficient (Wildman–Crippen LogP) is 0.968. The Bertz CT molecular complexity index is 582. The SMILES string of the molecule is NCC1CN(S(=O)(=O)Cc2ccc(F)c(Cl)c2)CCO1. The molecule has 2 N–H and O–H groups in total. The largest absolute Gasteiger partial charge is 0.374 e. The summed E-state index contributed by atoms with van der Waals surface area (Å²) in [6.07, 6.45) is -0.282. The van der Waals surface area contributed by atoms with Crippen molar-refractivity contribution in [3.63, 3.8) is 0 Å². The molecular weight excluding hydrogens is 307 g/mol. The van der Waals surface area contributed by atoms with Crippen LogP contribution in [0.25, 0.3) is 0 Å². The number of sulfonamides is 1. The molecule has 1 atom stereocenters. The molecular formula is C12H16ClFN2O3S. The second kappa shape index (κ2) is 6.36. The van der Waals surface area contributed by atoms with E-state index >= 15 is 0 Å². The maximum Gasteiger partial charge on any atom is 0.218 e. The Morgan fingerprint density at radius 1 is 1.50 bits per heavy atom. The van der Waals surface area contributed by atoms with E-state index in [1.54, 1.807) is 0 Å². The average Bonchev–Trinajstić information content (AvgIpc) is 2.43. The molecule has 8 heteroatoms. The van der Waals surface area contributed by atoms with E-state index in [1.807, 2.05) is 0 Å². The van der Waals surface area contributed by atoms with Crippen LogP contribution in [0, 0.1) is 5.82 Å². The Morgan fingerprint density at radius 2 is 2.25 bits per heavy atom. The summed E-state index contributed by atoms with van der Waals surface area (Å²) in [7, 11) is -3.49. The van der Waals surface area contributed by atoms with E-state index in [1.165, 1.54) is 16.4 Å². The van der Waals surface area contributed by atoms with Crippen LogP contribution in [0.1, 0.15) is 5.56 Å². The van der Waals surface area contributed by atoms with Crippen molar-refractivity contribution in [2.45, 2.75) is 11.9 Å². The van der Waals surface area contributed by atoms with Crippen LogP contribution < -0.4 is 5.73 Å². The maximum atomic E-state index is 13.1. The predicted molar refractivity (Wildman–Crippen MR) is 74.4 cm³/mol. The van der Waals surface area contributed by atoms with Gasteiger partial charge in [0.05, 0.1) is 23.5 Å². The molecule has 0 aromatic heterocycles. The molecule has 0 bridgehead atoms. The number of ether oxygens (including phenoxy) is 1. The van der Waals surface area contributed by atoms with Crippen molar-refractivity contribution in [1.82, 2.24) is 4.31 Å². The molecule has 1 unspecified atom stereocenters. The van der Waals surface area contributed by atoms with Gasteiger partial charge in [0.2, 0.25) is 10.0 Å². The van der Waals surface area contributed by atoms with Crippen LogP contribution in [-0.4, -0.2) is 45.1 Å². The van der Waals surface area contributed by atoms with Gasteiger partial charge in [-0.3, -0.25) is 0 Å². The molecule has 0 spiro atoms. The lowest BCUT2D eigenvalue weighted by atomic mass is 10.2. The Hall–Kier alpha value is -0.730. The molecule has 2 rings (SSSR count). The summed E-state index contributed by atoms with van der Waals surface area (Å²) < 4.78 is 44.4. The highest BCUT2D eigenvalue weighted by Crippen LogP contribution is 2.20. The van der Waals surface area contributed by atoms with Crippen LogP contribution in [0.4, 0.5) is 4.39 Å². The Kier molecular flexibility index (Phi) is 4.98. The van der Waals surface area contributed by atoms with Crippen molar-refractivity contribution in [1.29, 1.82) is 0 Å². The summed E-state index contributed by atoms with van der Waals surface area (Å²) >= 11 is 5.65. The van der Waals surface area contributed by atoms with Crippen molar-refractivity contribution < 1.29 is 17.5 Å². The Balaban J connectivity index is 2.12. The summed E-state index contributed by atoms with van der Waals surface area (Å²) in [6, 6.07) is 3.91. The number of rotatable bonds is 4. The first kappa shape index (κ1) is 15.7. The molecule has 5 nitrogen and oxygen atoms in total. The van der Waals surface area contributed by atoms with Crippen LogP contribution in [0.3, 0.4) is 0 Å². The minimum absolute atomic E-state index is 0.0838. The van der Waals surface area contributed by atoms with Crippen molar-refractivity contribution in [3.8, 4) is 0 Å². The fraction of sp³-hybridized carbons (Fsp3) is 0.500. The summed E-state index contributed by atoms with van der Waals surface area (Å²) in [5.41, 5.74) is 5.94. The molecule has 1 aromatic rings. The van der Waals surface area contributed by atoms with Gasteiger partial charge in [-0.05, 0) is 17.7 Å². The van der Waals surface area contributed by atoms with E-state index in [2.05, 4.69) is 0 Å². The van der Waals surface area contributed by atoms with Crippen molar-refractivity contribution in [2.24, 2.45) is 5.73 Å². The molecule has 1 saturated heterocycles. The standard InChI is InChI=1S/C12H16ClFN2O3S/c13-11-5-9(1-2-12(11)14)8-20(17,18)16-3-4-19-10(6-15)7-16/h1-2,5,10H,3-4,6-8,15H2. The van der Waals surface area contributed by atoms with Crippen LogP contribution in [-0.2, 0) is 20.5 Å². The zero-order chi connectivity index (χ0) is 14.8. The fourth-order valence-electron chi connectivity index (χ4n) is 2.02. The third-order valence-electron chi connectivity index (χ3n) is 3.09. The third kappa shape index (κ3) is 3.67. The van der Waals surface area contributed by atoms with Crippen LogP contribution in [0.5, 0.6) is 0 Å². The highest BCUT2D eigenvalue weighted by Gasteiger charge is 2.29. The van der Waals surface area contributed by atoms with E-state index in [9.17, 15) is 12.8 Å². The summed E-state index contributed by atoms with van der Waals surface area (Å²) in [4.78, 5) is 0. The number of hydrogen-bond acceptors (Lipinski definition) is 4. The minimum atomic E-state index is -3.49. The molecule has 1 aromatic carbocycles. The number of morpholine rings is 1. The summed E-state index contributed by atoms with van der Waals surface area (Å²) in [5.74, 6) is -0.785. The van der Waals surface area contributed by atoms with E-state index in [0.717, 1.165) is 6.07 Å². The van der Waals surface area contributed by atoms with Gasteiger partial charge in [-0.1, -0.05) is 17.7 Å². The molecule has 1 fully saturated rings. The number of benzene rings is 1. The van der Waals surface area contributed by atoms with Gasteiger partial charge >= 0.3 is 0 Å². The lowest BCUT2D eigenvalue weighted by Crippen LogP contribution is -2.48. The minimum Gasteiger partial charge on any atom is -0.374 e. The molecule has 0 saturated carbocycles. The topological polar surface area (TPSA) is 72.6 Å². The van der Waals surface area contributed by atoms with Gasteiger partial charge < -0.3 is 10.5 Å². The number of nitrogens with two attached hydrogens (primary N) is 1. The molecule has 20 heavy (non-hydrogen) atoms. The molecule has 0 aliphatic carbocycles. The quantitative estimate of drug-likeness (QED) is 0.896. The molecule has 0 amide bonds. The summed E-state index contributed by atoms with van der Waals surface area (Å²) in [6.45, 7) is 1.14. The van der Waals surface area contributed by atoms with Gasteiger partial charge in [0.25, 0.3) is 0 Å². The monoisotopic (exact) mass is 322 g/mol. The van der Waals surface area contributed by atoms with E-state index < -0.39 is 15.8 Å². The van der Waals surface area contributed by atoms with Crippen LogP contribution in [0.2, 0.25) is 5.02 Å². The first-order valence-corrected chi connectivity index (χ1v) is 8.14. The zero-order valence-electron chi connectivity index (χ0n) is 10.8. The highest BCUT2D eigenvalue weighted by atomic mass is 35.5. The molecule has 1 aliphatic rings. The van der Waals surface area contributed by atoms with E-state index in [0.29, 0.717) is 18.7 Å². The summed E-state index contributed by atoms with van der Waals surface area (Å²) in [5, 5.41) is -0.0838. The van der Waals surface area contributed by atoms with Gasteiger partial charge in [0, 0.05) is 19.6 Å². The molecule has 1 heterocycles. The normalized spacial score (nSPS) is 21.1. The number of halogens is 2. The van der Waals surface area contributed by atoms with Gasteiger partial charge in [-0.15, -0.1) is 0 Å². The van der Waals surface area contributed by atoms with Gasteiger partial charge in [-0.2, -0.15) is 4.31 Å². The van der Waals surface area contributed by atoms with E-state index in [-0.39, 0.29) is 30.0 Å². The smallest absolute Gasteiger partial charge is 0.218 e. The van der Waals surface area contributed by atoms with Crippen LogP contribution >= 0.6 is 11.6 Å². The maximum absolute atomic E-state index is 13.1. The van der Waals surface area contributed by atoms with E-state index in [4.69, 9.17) is 22.1 Å². The lowest BCUT2D eigenvalue weighted by molar-refractivity contribution is 0.00446. The van der Waals surface area contributed by atoms with Crippen molar-refractivity contribution >= 4 is 21.6 Å². The van der Waals surface area contributed by atoms with Gasteiger partial charge in [-0.25, -0.2) is 12.8 Å². The second-order valence-electron chi connectivity index (χ2n) is 4.59. The Labute approximate surface area is 122 Å². The van der Waals surface area contributed by atoms with Crippen LogP contribution in [0.15, 0.2) is 18.2 Å². The first-order valence-electron chi connectivity index (χ1n) is 6.16. The Morgan fingerprint density at radius 3 is 2.90 bits per heavy atom. The highest BCUT2D eigenvalue weighted by molar-refractivity contribution is 7.88. The number of hydrogen-bond donors (Lipinski definition) is 1. The zero-order valence-corrected chi connectivity index (χ0v) is 12.3. The van der Waals surface area contributed by atoms with Gasteiger partial charge in [0.15, 0.2) is 0 Å². The first-order chi connectivity index (χ1) is 9.42. The third-order valence-corrected chi connectivity index (χ3v) is 5.20. The van der Waals surface area contributed by atoms with Gasteiger partial charge in [0.1, 0.15) is 5.82 Å². The average molecular weight is 323 g/mol. The van der Waals surface area contributed by atoms with Crippen molar-refractivity contribution in [2.75, 3.05) is 26.2 Å². The molecule has 1 aliphatic heterocycles. The molecule has 0 radical (unpaired) electrons. The second-order valence-corrected chi connectivity index (χ2v) is 6.97. The fourth-order valence-corrected chi connectivity index (χ4v) is 3.75. The lowest BCUT2D eigenvalue weighted by Gasteiger charge is -2.31. The number of nitrogens with zero attached hydrogens (tertiary/aromatic N) is 1. The molecule has 112 valence electrons. The van der Waals surface area contributed by atoms with Crippen molar-refractivity contribution in [3.05, 3.63) is 34.6 Å².